The molecule has 0 aromatic heterocycles. The van der Waals surface area contributed by atoms with Gasteiger partial charge in [-0.1, -0.05) is 27.7 Å². The van der Waals surface area contributed by atoms with Gasteiger partial charge in [-0.05, 0) is 30.6 Å². The molecule has 0 saturated heterocycles. The Kier molecular flexibility index (Phi) is 5.59. The molecule has 0 bridgehead atoms. The van der Waals surface area contributed by atoms with Crippen molar-refractivity contribution in [1.29, 1.82) is 0 Å². The van der Waals surface area contributed by atoms with Crippen LogP contribution in [-0.4, -0.2) is 40.0 Å². The van der Waals surface area contributed by atoms with Crippen LogP contribution in [0.5, 0.6) is 0 Å². The highest BCUT2D eigenvalue weighted by molar-refractivity contribution is 6.00. The molecule has 7 heteroatoms. The minimum absolute atomic E-state index is 0.259. The lowest BCUT2D eigenvalue weighted by Crippen LogP contribution is -2.58. The molecule has 1 rings (SSSR count). The summed E-state index contributed by atoms with van der Waals surface area (Å²) in [7, 11) is 0. The quantitative estimate of drug-likeness (QED) is 0.644. The highest BCUT2D eigenvalue weighted by Crippen LogP contribution is 2.54. The van der Waals surface area contributed by atoms with Crippen LogP contribution < -0.4 is 11.5 Å². The van der Waals surface area contributed by atoms with Crippen molar-refractivity contribution in [3.63, 3.8) is 0 Å². The summed E-state index contributed by atoms with van der Waals surface area (Å²) in [6, 6.07) is -1.28. The zero-order chi connectivity index (χ0) is 18.2. The standard InChI is InChI=1S/C16H29N3O4/c1-9(17)19(13(22)10(18)8-11(20)21)14(23)12-15(2,3)6-7-16(12,4)5/h9-10,12H,6-8,17-18H2,1-5H3,(H,20,21)/t9?,10-/m0/s1. The van der Waals surface area contributed by atoms with E-state index in [1.807, 2.05) is 27.7 Å². The van der Waals surface area contributed by atoms with E-state index in [0.717, 1.165) is 17.7 Å². The van der Waals surface area contributed by atoms with Gasteiger partial charge in [-0.3, -0.25) is 19.3 Å². The topological polar surface area (TPSA) is 127 Å². The van der Waals surface area contributed by atoms with Gasteiger partial charge in [0.25, 0.3) is 0 Å². The monoisotopic (exact) mass is 327 g/mol. The third-order valence-electron chi connectivity index (χ3n) is 4.82. The van der Waals surface area contributed by atoms with E-state index in [-0.39, 0.29) is 22.7 Å². The van der Waals surface area contributed by atoms with Crippen LogP contribution in [0.4, 0.5) is 0 Å². The van der Waals surface area contributed by atoms with E-state index < -0.39 is 30.5 Å². The molecule has 0 radical (unpaired) electrons. The van der Waals surface area contributed by atoms with E-state index in [2.05, 4.69) is 0 Å². The number of hydrogen-bond acceptors (Lipinski definition) is 5. The molecule has 1 unspecified atom stereocenters. The van der Waals surface area contributed by atoms with Gasteiger partial charge in [0.05, 0.1) is 18.6 Å². The number of carboxylic acid groups (broad SMARTS) is 1. The predicted molar refractivity (Wildman–Crippen MR) is 86.0 cm³/mol. The Morgan fingerprint density at radius 1 is 1.13 bits per heavy atom. The highest BCUT2D eigenvalue weighted by atomic mass is 16.4. The zero-order valence-electron chi connectivity index (χ0n) is 14.6. The number of amides is 2. The fourth-order valence-corrected chi connectivity index (χ4v) is 3.76. The molecular formula is C16H29N3O4. The Labute approximate surface area is 137 Å². The molecule has 2 atom stereocenters. The van der Waals surface area contributed by atoms with Gasteiger partial charge in [0.1, 0.15) is 0 Å². The molecule has 1 aliphatic carbocycles. The average Bonchev–Trinajstić information content (AvgIpc) is 2.56. The molecule has 5 N–H and O–H groups in total. The summed E-state index contributed by atoms with van der Waals surface area (Å²) in [5, 5.41) is 8.80. The molecule has 23 heavy (non-hydrogen) atoms. The maximum atomic E-state index is 13.1. The van der Waals surface area contributed by atoms with Crippen molar-refractivity contribution in [1.82, 2.24) is 4.90 Å². The lowest BCUT2D eigenvalue weighted by molar-refractivity contribution is -0.156. The van der Waals surface area contributed by atoms with Crippen LogP contribution in [0, 0.1) is 16.7 Å². The predicted octanol–water partition coefficient (Wildman–Crippen LogP) is 0.911. The third kappa shape index (κ3) is 4.09. The van der Waals surface area contributed by atoms with Crippen molar-refractivity contribution < 1.29 is 19.5 Å². The molecule has 0 aliphatic heterocycles. The van der Waals surface area contributed by atoms with Crippen molar-refractivity contribution in [3.8, 4) is 0 Å². The van der Waals surface area contributed by atoms with Gasteiger partial charge in [-0.2, -0.15) is 0 Å². The number of rotatable bonds is 5. The van der Waals surface area contributed by atoms with Gasteiger partial charge in [-0.25, -0.2) is 0 Å². The Bertz CT molecular complexity index is 484. The number of nitrogens with two attached hydrogens (primary N) is 2. The molecule has 132 valence electrons. The molecule has 7 nitrogen and oxygen atoms in total. The maximum absolute atomic E-state index is 13.1. The van der Waals surface area contributed by atoms with E-state index in [1.54, 1.807) is 0 Å². The molecule has 0 aromatic rings. The van der Waals surface area contributed by atoms with Crippen LogP contribution in [0.15, 0.2) is 0 Å². The molecule has 1 saturated carbocycles. The van der Waals surface area contributed by atoms with Gasteiger partial charge < -0.3 is 16.6 Å². The second kappa shape index (κ2) is 6.57. The number of hydrogen-bond donors (Lipinski definition) is 3. The lowest BCUT2D eigenvalue weighted by atomic mass is 9.71. The zero-order valence-corrected chi connectivity index (χ0v) is 14.6. The molecular weight excluding hydrogens is 298 g/mol. The Morgan fingerprint density at radius 3 is 1.91 bits per heavy atom. The van der Waals surface area contributed by atoms with E-state index >= 15 is 0 Å². The summed E-state index contributed by atoms with van der Waals surface area (Å²) in [6.07, 6.45) is 0.353. The van der Waals surface area contributed by atoms with Gasteiger partial charge in [0.2, 0.25) is 11.8 Å². The maximum Gasteiger partial charge on any atom is 0.305 e. The fourth-order valence-electron chi connectivity index (χ4n) is 3.76. The van der Waals surface area contributed by atoms with Crippen molar-refractivity contribution in [2.75, 3.05) is 0 Å². The molecule has 1 aliphatic rings. The Hall–Kier alpha value is -1.47. The van der Waals surface area contributed by atoms with Crippen LogP contribution in [0.25, 0.3) is 0 Å². The Morgan fingerprint density at radius 2 is 1.57 bits per heavy atom. The number of aliphatic carboxylic acids is 1. The summed E-state index contributed by atoms with van der Waals surface area (Å²) < 4.78 is 0. The normalized spacial score (nSPS) is 22.4. The van der Waals surface area contributed by atoms with Crippen LogP contribution in [0.2, 0.25) is 0 Å². The minimum atomic E-state index is -1.28. The van der Waals surface area contributed by atoms with Crippen LogP contribution in [-0.2, 0) is 14.4 Å². The summed E-state index contributed by atoms with van der Waals surface area (Å²) in [4.78, 5) is 37.3. The highest BCUT2D eigenvalue weighted by Gasteiger charge is 2.53. The van der Waals surface area contributed by atoms with Crippen molar-refractivity contribution in [3.05, 3.63) is 0 Å². The summed E-state index contributed by atoms with van der Waals surface area (Å²) in [5.41, 5.74) is 11.0. The third-order valence-corrected chi connectivity index (χ3v) is 4.82. The van der Waals surface area contributed by atoms with Crippen molar-refractivity contribution in [2.45, 2.75) is 66.1 Å². The molecule has 0 heterocycles. The van der Waals surface area contributed by atoms with Gasteiger partial charge in [0.15, 0.2) is 0 Å². The lowest BCUT2D eigenvalue weighted by Gasteiger charge is -2.39. The first kappa shape index (κ1) is 19.6. The minimum Gasteiger partial charge on any atom is -0.481 e. The second-order valence-electron chi connectivity index (χ2n) is 7.90. The smallest absolute Gasteiger partial charge is 0.305 e. The van der Waals surface area contributed by atoms with E-state index in [0.29, 0.717) is 0 Å². The average molecular weight is 327 g/mol. The van der Waals surface area contributed by atoms with Crippen molar-refractivity contribution >= 4 is 17.8 Å². The summed E-state index contributed by atoms with van der Waals surface area (Å²) >= 11 is 0. The first-order chi connectivity index (χ1) is 10.3. The fraction of sp³-hybridized carbons (Fsp3) is 0.812. The number of carbonyl (C=O) groups is 3. The first-order valence-electron chi connectivity index (χ1n) is 7.91. The van der Waals surface area contributed by atoms with E-state index in [9.17, 15) is 14.4 Å². The largest absolute Gasteiger partial charge is 0.481 e. The van der Waals surface area contributed by atoms with Gasteiger partial charge in [-0.15, -0.1) is 0 Å². The first-order valence-corrected chi connectivity index (χ1v) is 7.91. The SMILES string of the molecule is CC(N)N(C(=O)C1C(C)(C)CCC1(C)C)C(=O)[C@@H](N)CC(=O)O. The molecule has 0 aromatic carbocycles. The summed E-state index contributed by atoms with van der Waals surface area (Å²) in [5.74, 6) is -2.66. The second-order valence-corrected chi connectivity index (χ2v) is 7.90. The van der Waals surface area contributed by atoms with Gasteiger partial charge in [0, 0.05) is 5.92 Å². The number of carbonyl (C=O) groups excluding carboxylic acids is 2. The number of nitrogens with zero attached hydrogens (tertiary/aromatic N) is 1. The number of imide groups is 1. The summed E-state index contributed by atoms with van der Waals surface area (Å²) in [6.45, 7) is 9.55. The Balaban J connectivity index is 3.13. The van der Waals surface area contributed by atoms with Gasteiger partial charge >= 0.3 is 5.97 Å². The molecule has 0 spiro atoms. The van der Waals surface area contributed by atoms with Crippen LogP contribution in [0.3, 0.4) is 0 Å². The number of carboxylic acids is 1. The van der Waals surface area contributed by atoms with E-state index in [4.69, 9.17) is 16.6 Å². The van der Waals surface area contributed by atoms with Crippen LogP contribution >= 0.6 is 0 Å². The van der Waals surface area contributed by atoms with Crippen molar-refractivity contribution in [2.24, 2.45) is 28.2 Å². The molecule has 1 fully saturated rings. The van der Waals surface area contributed by atoms with Crippen LogP contribution in [0.1, 0.15) is 53.9 Å². The van der Waals surface area contributed by atoms with E-state index in [1.165, 1.54) is 6.92 Å². The molecule has 2 amide bonds.